The van der Waals surface area contributed by atoms with Crippen molar-refractivity contribution in [2.75, 3.05) is 6.54 Å². The Morgan fingerprint density at radius 1 is 1.44 bits per heavy atom. The van der Waals surface area contributed by atoms with Gasteiger partial charge in [-0.05, 0) is 23.7 Å². The normalized spacial score (nSPS) is 8.25. The summed E-state index contributed by atoms with van der Waals surface area (Å²) in [6.07, 6.45) is 0.409. The third-order valence-electron chi connectivity index (χ3n) is 1.73. The number of halogens is 1. The standard InChI is InChI=1S/C11H7FN4/c12-11-5-4-9(10(7-11)8-13)3-1-2-6-15-16-14/h4-5,7H,2,6H2. The number of hydrogen-bond acceptors (Lipinski definition) is 2. The summed E-state index contributed by atoms with van der Waals surface area (Å²) >= 11 is 0. The predicted molar refractivity (Wildman–Crippen MR) is 56.6 cm³/mol. The van der Waals surface area contributed by atoms with Crippen LogP contribution in [-0.2, 0) is 0 Å². The van der Waals surface area contributed by atoms with E-state index in [0.29, 0.717) is 12.0 Å². The van der Waals surface area contributed by atoms with Crippen LogP contribution in [0.3, 0.4) is 0 Å². The van der Waals surface area contributed by atoms with Crippen LogP contribution in [-0.4, -0.2) is 6.54 Å². The molecule has 0 bridgehead atoms. The lowest BCUT2D eigenvalue weighted by atomic mass is 10.1. The van der Waals surface area contributed by atoms with Crippen molar-refractivity contribution in [3.05, 3.63) is 45.6 Å². The number of rotatable bonds is 2. The molecule has 0 radical (unpaired) electrons. The fraction of sp³-hybridized carbons (Fsp3) is 0.182. The van der Waals surface area contributed by atoms with Crippen LogP contribution in [0, 0.1) is 29.0 Å². The quantitative estimate of drug-likeness (QED) is 0.245. The molecule has 0 aliphatic heterocycles. The van der Waals surface area contributed by atoms with Gasteiger partial charge in [0.15, 0.2) is 0 Å². The van der Waals surface area contributed by atoms with Crippen LogP contribution < -0.4 is 0 Å². The highest BCUT2D eigenvalue weighted by atomic mass is 19.1. The largest absolute Gasteiger partial charge is 0.207 e. The van der Waals surface area contributed by atoms with E-state index in [2.05, 4.69) is 21.9 Å². The number of nitriles is 1. The lowest BCUT2D eigenvalue weighted by Gasteiger charge is -1.94. The molecule has 0 unspecified atom stereocenters. The van der Waals surface area contributed by atoms with Crippen molar-refractivity contribution in [3.8, 4) is 17.9 Å². The molecule has 0 amide bonds. The molecule has 0 saturated heterocycles. The summed E-state index contributed by atoms with van der Waals surface area (Å²) in [6.45, 7) is 0.284. The molecule has 0 aromatic heterocycles. The maximum atomic E-state index is 12.8. The fourth-order valence-electron chi connectivity index (χ4n) is 1.03. The Morgan fingerprint density at radius 3 is 2.94 bits per heavy atom. The molecule has 0 atom stereocenters. The van der Waals surface area contributed by atoms with E-state index in [1.54, 1.807) is 0 Å². The Balaban J connectivity index is 2.81. The van der Waals surface area contributed by atoms with Crippen LogP contribution in [0.1, 0.15) is 17.5 Å². The molecule has 78 valence electrons. The Hall–Kier alpha value is -2.49. The zero-order chi connectivity index (χ0) is 11.8. The van der Waals surface area contributed by atoms with Crippen molar-refractivity contribution >= 4 is 0 Å². The van der Waals surface area contributed by atoms with Gasteiger partial charge in [-0.15, -0.1) is 0 Å². The second-order valence-electron chi connectivity index (χ2n) is 2.81. The molecule has 0 N–H and O–H groups in total. The molecule has 1 aromatic rings. The Bertz CT molecular complexity index is 527. The first-order chi connectivity index (χ1) is 7.77. The van der Waals surface area contributed by atoms with Crippen molar-refractivity contribution in [1.82, 2.24) is 0 Å². The highest BCUT2D eigenvalue weighted by Crippen LogP contribution is 2.08. The molecular weight excluding hydrogens is 207 g/mol. The Kier molecular flexibility index (Phi) is 4.40. The Morgan fingerprint density at radius 2 is 2.25 bits per heavy atom. The molecule has 0 fully saturated rings. The van der Waals surface area contributed by atoms with Crippen LogP contribution in [0.5, 0.6) is 0 Å². The summed E-state index contributed by atoms with van der Waals surface area (Å²) in [5.74, 6) is 5.01. The highest BCUT2D eigenvalue weighted by Gasteiger charge is 1.99. The van der Waals surface area contributed by atoms with Gasteiger partial charge in [-0.25, -0.2) is 4.39 Å². The van der Waals surface area contributed by atoms with Gasteiger partial charge in [-0.2, -0.15) is 5.26 Å². The van der Waals surface area contributed by atoms with Gasteiger partial charge < -0.3 is 0 Å². The lowest BCUT2D eigenvalue weighted by Crippen LogP contribution is -1.85. The second kappa shape index (κ2) is 6.08. The molecule has 0 aliphatic carbocycles. The minimum atomic E-state index is -0.462. The monoisotopic (exact) mass is 214 g/mol. The summed E-state index contributed by atoms with van der Waals surface area (Å²) in [5.41, 5.74) is 8.70. The van der Waals surface area contributed by atoms with E-state index in [9.17, 15) is 4.39 Å². The van der Waals surface area contributed by atoms with Crippen molar-refractivity contribution < 1.29 is 4.39 Å². The van der Waals surface area contributed by atoms with Crippen molar-refractivity contribution in [2.45, 2.75) is 6.42 Å². The van der Waals surface area contributed by atoms with E-state index in [1.807, 2.05) is 6.07 Å². The molecule has 1 rings (SSSR count). The van der Waals surface area contributed by atoms with Crippen LogP contribution in [0.4, 0.5) is 4.39 Å². The van der Waals surface area contributed by atoms with Crippen molar-refractivity contribution in [1.29, 1.82) is 5.26 Å². The predicted octanol–water partition coefficient (Wildman–Crippen LogP) is 2.75. The molecule has 16 heavy (non-hydrogen) atoms. The van der Waals surface area contributed by atoms with E-state index < -0.39 is 5.82 Å². The minimum Gasteiger partial charge on any atom is -0.207 e. The molecule has 5 heteroatoms. The van der Waals surface area contributed by atoms with Gasteiger partial charge in [-0.3, -0.25) is 0 Å². The van der Waals surface area contributed by atoms with Gasteiger partial charge in [0.25, 0.3) is 0 Å². The number of benzene rings is 1. The lowest BCUT2D eigenvalue weighted by molar-refractivity contribution is 0.627. The summed E-state index contributed by atoms with van der Waals surface area (Å²) in [7, 11) is 0. The number of hydrogen-bond donors (Lipinski definition) is 0. The molecule has 0 spiro atoms. The average Bonchev–Trinajstić information content (AvgIpc) is 2.30. The van der Waals surface area contributed by atoms with Gasteiger partial charge in [0, 0.05) is 23.4 Å². The van der Waals surface area contributed by atoms with E-state index in [4.69, 9.17) is 10.8 Å². The van der Waals surface area contributed by atoms with Gasteiger partial charge in [0.05, 0.1) is 5.56 Å². The van der Waals surface area contributed by atoms with Gasteiger partial charge >= 0.3 is 0 Å². The minimum absolute atomic E-state index is 0.205. The molecular formula is C11H7FN4. The highest BCUT2D eigenvalue weighted by molar-refractivity contribution is 5.47. The van der Waals surface area contributed by atoms with Crippen LogP contribution in [0.2, 0.25) is 0 Å². The first-order valence-corrected chi connectivity index (χ1v) is 4.47. The van der Waals surface area contributed by atoms with E-state index >= 15 is 0 Å². The van der Waals surface area contributed by atoms with E-state index in [1.165, 1.54) is 12.1 Å². The maximum absolute atomic E-state index is 12.8. The van der Waals surface area contributed by atoms with Gasteiger partial charge in [0.1, 0.15) is 11.9 Å². The van der Waals surface area contributed by atoms with Crippen molar-refractivity contribution in [3.63, 3.8) is 0 Å². The zero-order valence-electron chi connectivity index (χ0n) is 8.31. The maximum Gasteiger partial charge on any atom is 0.124 e. The van der Waals surface area contributed by atoms with Gasteiger partial charge in [-0.1, -0.05) is 17.0 Å². The first-order valence-electron chi connectivity index (χ1n) is 4.47. The summed E-state index contributed by atoms with van der Waals surface area (Å²) in [4.78, 5) is 2.58. The molecule has 0 heterocycles. The first kappa shape index (κ1) is 11.6. The summed E-state index contributed by atoms with van der Waals surface area (Å²) in [5, 5.41) is 12.0. The number of azide groups is 1. The average molecular weight is 214 g/mol. The number of nitrogens with zero attached hydrogens (tertiary/aromatic N) is 4. The third kappa shape index (κ3) is 3.34. The zero-order valence-corrected chi connectivity index (χ0v) is 8.31. The third-order valence-corrected chi connectivity index (χ3v) is 1.73. The summed E-state index contributed by atoms with van der Waals surface area (Å²) < 4.78 is 12.8. The van der Waals surface area contributed by atoms with E-state index in [-0.39, 0.29) is 12.1 Å². The molecule has 4 nitrogen and oxygen atoms in total. The molecule has 0 aliphatic rings. The van der Waals surface area contributed by atoms with Crippen LogP contribution >= 0.6 is 0 Å². The fourth-order valence-corrected chi connectivity index (χ4v) is 1.03. The van der Waals surface area contributed by atoms with Crippen LogP contribution in [0.15, 0.2) is 23.3 Å². The van der Waals surface area contributed by atoms with Gasteiger partial charge in [0.2, 0.25) is 0 Å². The molecule has 1 aromatic carbocycles. The molecule has 0 saturated carbocycles. The van der Waals surface area contributed by atoms with Crippen molar-refractivity contribution in [2.24, 2.45) is 5.11 Å². The summed E-state index contributed by atoms with van der Waals surface area (Å²) in [6, 6.07) is 5.70. The topological polar surface area (TPSA) is 72.5 Å². The van der Waals surface area contributed by atoms with Crippen LogP contribution in [0.25, 0.3) is 10.4 Å². The smallest absolute Gasteiger partial charge is 0.124 e. The van der Waals surface area contributed by atoms with E-state index in [0.717, 1.165) is 6.07 Å². The second-order valence-corrected chi connectivity index (χ2v) is 2.81. The SMILES string of the molecule is N#Cc1cc(F)ccc1C#CCCN=[N+]=[N-]. The Labute approximate surface area is 91.9 Å².